The van der Waals surface area contributed by atoms with E-state index in [1.54, 1.807) is 31.2 Å². The first kappa shape index (κ1) is 17.0. The van der Waals surface area contributed by atoms with Gasteiger partial charge in [-0.05, 0) is 31.9 Å². The van der Waals surface area contributed by atoms with Crippen molar-refractivity contribution in [2.45, 2.75) is 25.9 Å². The molecule has 1 aromatic carbocycles. The number of nitrogens with zero attached hydrogens (tertiary/aromatic N) is 2. The largest absolute Gasteiger partial charge is 0.376 e. The van der Waals surface area contributed by atoms with Crippen molar-refractivity contribution in [1.82, 2.24) is 15.3 Å². The first-order valence-electron chi connectivity index (χ1n) is 8.22. The number of carbonyl (C=O) groups excluding carboxylic acids is 2. The molecule has 2 heterocycles. The topological polar surface area (TPSA) is 93.2 Å². The van der Waals surface area contributed by atoms with Crippen LogP contribution in [-0.4, -0.2) is 41.0 Å². The third-order valence-corrected chi connectivity index (χ3v) is 3.95. The second-order valence-electron chi connectivity index (χ2n) is 5.89. The number of amides is 2. The third kappa shape index (κ3) is 4.39. The number of hydrogen-bond acceptors (Lipinski definition) is 5. The lowest BCUT2D eigenvalue weighted by Crippen LogP contribution is -2.32. The van der Waals surface area contributed by atoms with E-state index in [1.807, 2.05) is 0 Å². The summed E-state index contributed by atoms with van der Waals surface area (Å²) in [5.41, 5.74) is 1.75. The predicted molar refractivity (Wildman–Crippen MR) is 92.5 cm³/mol. The second kappa shape index (κ2) is 7.85. The van der Waals surface area contributed by atoms with Crippen LogP contribution in [-0.2, 0) is 4.74 Å². The molecule has 1 fully saturated rings. The van der Waals surface area contributed by atoms with Gasteiger partial charge in [-0.25, -0.2) is 4.98 Å². The summed E-state index contributed by atoms with van der Waals surface area (Å²) in [6.07, 6.45) is 4.96. The summed E-state index contributed by atoms with van der Waals surface area (Å²) < 4.78 is 5.50. The molecule has 1 atom stereocenters. The van der Waals surface area contributed by atoms with Gasteiger partial charge in [0.2, 0.25) is 0 Å². The fraction of sp³-hybridized carbons (Fsp3) is 0.333. The van der Waals surface area contributed by atoms with Crippen molar-refractivity contribution in [2.24, 2.45) is 0 Å². The molecule has 1 aromatic heterocycles. The van der Waals surface area contributed by atoms with Gasteiger partial charge >= 0.3 is 0 Å². The molecule has 0 bridgehead atoms. The zero-order valence-electron chi connectivity index (χ0n) is 14.0. The molecule has 7 nitrogen and oxygen atoms in total. The zero-order chi connectivity index (χ0) is 17.6. The molecular weight excluding hydrogens is 320 g/mol. The van der Waals surface area contributed by atoms with Crippen molar-refractivity contribution in [3.63, 3.8) is 0 Å². The Hall–Kier alpha value is -2.80. The summed E-state index contributed by atoms with van der Waals surface area (Å²) >= 11 is 0. The Kier molecular flexibility index (Phi) is 5.35. The Bertz CT molecular complexity index is 755. The van der Waals surface area contributed by atoms with Crippen LogP contribution in [0.15, 0.2) is 36.7 Å². The van der Waals surface area contributed by atoms with E-state index in [4.69, 9.17) is 4.74 Å². The number of ether oxygens (including phenoxy) is 1. The maximum Gasteiger partial charge on any atom is 0.275 e. The Morgan fingerprint density at radius 1 is 1.20 bits per heavy atom. The van der Waals surface area contributed by atoms with Gasteiger partial charge in [-0.1, -0.05) is 12.1 Å². The lowest BCUT2D eigenvalue weighted by Gasteiger charge is -2.13. The van der Waals surface area contributed by atoms with Crippen LogP contribution in [0.3, 0.4) is 0 Å². The first-order valence-corrected chi connectivity index (χ1v) is 8.22. The van der Waals surface area contributed by atoms with Crippen molar-refractivity contribution < 1.29 is 14.3 Å². The van der Waals surface area contributed by atoms with Gasteiger partial charge in [-0.15, -0.1) is 0 Å². The molecule has 2 aromatic rings. The van der Waals surface area contributed by atoms with Gasteiger partial charge < -0.3 is 15.4 Å². The second-order valence-corrected chi connectivity index (χ2v) is 5.89. The normalized spacial score (nSPS) is 16.4. The van der Waals surface area contributed by atoms with Gasteiger partial charge in [0.25, 0.3) is 11.8 Å². The van der Waals surface area contributed by atoms with Gasteiger partial charge in [-0.2, -0.15) is 0 Å². The standard InChI is InChI=1S/C18H20N4O3/c1-12-9-20-16(11-19-12)18(24)22-15-7-3-2-6-14(15)17(23)21-10-13-5-4-8-25-13/h2-3,6-7,9,11,13H,4-5,8,10H2,1H3,(H,21,23)(H,22,24)/t13-/m1/s1. The summed E-state index contributed by atoms with van der Waals surface area (Å²) in [5, 5.41) is 5.58. The van der Waals surface area contributed by atoms with Crippen molar-refractivity contribution in [3.05, 3.63) is 53.6 Å². The number of rotatable bonds is 5. The molecule has 2 N–H and O–H groups in total. The van der Waals surface area contributed by atoms with Crippen LogP contribution in [0, 0.1) is 6.92 Å². The quantitative estimate of drug-likeness (QED) is 0.868. The minimum atomic E-state index is -0.410. The molecule has 0 saturated carbocycles. The van der Waals surface area contributed by atoms with E-state index in [0.717, 1.165) is 25.1 Å². The van der Waals surface area contributed by atoms with Crippen molar-refractivity contribution in [2.75, 3.05) is 18.5 Å². The van der Waals surface area contributed by atoms with Gasteiger partial charge in [-0.3, -0.25) is 14.6 Å². The minimum Gasteiger partial charge on any atom is -0.376 e. The van der Waals surface area contributed by atoms with Crippen molar-refractivity contribution in [3.8, 4) is 0 Å². The van der Waals surface area contributed by atoms with Crippen LogP contribution >= 0.6 is 0 Å². The molecule has 1 saturated heterocycles. The monoisotopic (exact) mass is 340 g/mol. The zero-order valence-corrected chi connectivity index (χ0v) is 14.0. The summed E-state index contributed by atoms with van der Waals surface area (Å²) in [7, 11) is 0. The van der Waals surface area contributed by atoms with Crippen LogP contribution in [0.2, 0.25) is 0 Å². The van der Waals surface area contributed by atoms with Gasteiger partial charge in [0.15, 0.2) is 0 Å². The van der Waals surface area contributed by atoms with E-state index in [2.05, 4.69) is 20.6 Å². The number of benzene rings is 1. The summed E-state index contributed by atoms with van der Waals surface area (Å²) in [5.74, 6) is -0.659. The first-order chi connectivity index (χ1) is 12.1. The number of aromatic nitrogens is 2. The van der Waals surface area contributed by atoms with Crippen LogP contribution in [0.1, 0.15) is 39.4 Å². The van der Waals surface area contributed by atoms with Gasteiger partial charge in [0.1, 0.15) is 5.69 Å². The van der Waals surface area contributed by atoms with E-state index in [1.165, 1.54) is 12.4 Å². The highest BCUT2D eigenvalue weighted by atomic mass is 16.5. The fourth-order valence-corrected chi connectivity index (χ4v) is 2.59. The molecule has 0 unspecified atom stereocenters. The maximum absolute atomic E-state index is 12.4. The SMILES string of the molecule is Cc1cnc(C(=O)Nc2ccccc2C(=O)NC[C@H]2CCCO2)cn1. The summed E-state index contributed by atoms with van der Waals surface area (Å²) in [4.78, 5) is 32.8. The van der Waals surface area contributed by atoms with Crippen LogP contribution in [0.4, 0.5) is 5.69 Å². The molecule has 3 rings (SSSR count). The Balaban J connectivity index is 1.68. The Morgan fingerprint density at radius 3 is 2.76 bits per heavy atom. The molecule has 130 valence electrons. The molecular formula is C18H20N4O3. The van der Waals surface area contributed by atoms with E-state index < -0.39 is 5.91 Å². The van der Waals surface area contributed by atoms with Crippen LogP contribution in [0.5, 0.6) is 0 Å². The van der Waals surface area contributed by atoms with E-state index in [-0.39, 0.29) is 17.7 Å². The number of hydrogen-bond donors (Lipinski definition) is 2. The average Bonchev–Trinajstić information content (AvgIpc) is 3.14. The molecule has 2 amide bonds. The number of anilines is 1. The predicted octanol–water partition coefficient (Wildman–Crippen LogP) is 1.95. The lowest BCUT2D eigenvalue weighted by atomic mass is 10.1. The molecule has 0 aliphatic carbocycles. The maximum atomic E-state index is 12.4. The number of nitrogens with one attached hydrogen (secondary N) is 2. The molecule has 25 heavy (non-hydrogen) atoms. The molecule has 7 heteroatoms. The van der Waals surface area contributed by atoms with Crippen LogP contribution in [0.25, 0.3) is 0 Å². The van der Waals surface area contributed by atoms with E-state index in [9.17, 15) is 9.59 Å². The van der Waals surface area contributed by atoms with Gasteiger partial charge in [0.05, 0.1) is 29.2 Å². The summed E-state index contributed by atoms with van der Waals surface area (Å²) in [6.45, 7) is 3.00. The van der Waals surface area contributed by atoms with Crippen molar-refractivity contribution >= 4 is 17.5 Å². The Labute approximate surface area is 145 Å². The molecule has 0 spiro atoms. The Morgan fingerprint density at radius 2 is 2.04 bits per heavy atom. The lowest BCUT2D eigenvalue weighted by molar-refractivity contribution is 0.0858. The third-order valence-electron chi connectivity index (χ3n) is 3.95. The molecule has 0 radical (unpaired) electrons. The number of para-hydroxylation sites is 1. The highest BCUT2D eigenvalue weighted by molar-refractivity contribution is 6.08. The summed E-state index contributed by atoms with van der Waals surface area (Å²) in [6, 6.07) is 6.86. The molecule has 1 aliphatic rings. The highest BCUT2D eigenvalue weighted by Crippen LogP contribution is 2.16. The van der Waals surface area contributed by atoms with Crippen LogP contribution < -0.4 is 10.6 Å². The van der Waals surface area contributed by atoms with E-state index >= 15 is 0 Å². The average molecular weight is 340 g/mol. The van der Waals surface area contributed by atoms with E-state index in [0.29, 0.717) is 17.8 Å². The number of aryl methyl sites for hydroxylation is 1. The molecule has 1 aliphatic heterocycles. The fourth-order valence-electron chi connectivity index (χ4n) is 2.59. The smallest absolute Gasteiger partial charge is 0.275 e. The van der Waals surface area contributed by atoms with Crippen molar-refractivity contribution in [1.29, 1.82) is 0 Å². The highest BCUT2D eigenvalue weighted by Gasteiger charge is 2.19. The minimum absolute atomic E-state index is 0.0635. The number of carbonyl (C=O) groups is 2. The van der Waals surface area contributed by atoms with Gasteiger partial charge in [0, 0.05) is 19.3 Å².